The van der Waals surface area contributed by atoms with Crippen molar-refractivity contribution >= 4 is 65.5 Å². The number of hydrogen-bond donors (Lipinski definition) is 0. The van der Waals surface area contributed by atoms with Gasteiger partial charge in [-0.1, -0.05) is 147 Å². The van der Waals surface area contributed by atoms with Crippen LogP contribution in [0.5, 0.6) is 0 Å². The summed E-state index contributed by atoms with van der Waals surface area (Å²) in [5, 5.41) is 8.54. The molecule has 2 aliphatic carbocycles. The van der Waals surface area contributed by atoms with Gasteiger partial charge in [0.25, 0.3) is 0 Å². The first kappa shape index (κ1) is 32.1. The van der Waals surface area contributed by atoms with Crippen LogP contribution >= 0.6 is 0 Å². The molecule has 2 nitrogen and oxygen atoms in total. The highest BCUT2D eigenvalue weighted by molar-refractivity contribution is 6.23. The first-order valence-electron chi connectivity index (χ1n) is 19.9. The average Bonchev–Trinajstić information content (AvgIpc) is 3.81. The third kappa shape index (κ3) is 4.97. The molecule has 0 saturated carbocycles. The molecule has 2 aliphatic rings. The maximum absolute atomic E-state index is 6.45. The summed E-state index contributed by atoms with van der Waals surface area (Å²) in [6, 6.07) is 55.9. The first-order valence-corrected chi connectivity index (χ1v) is 19.9. The minimum Gasteiger partial charge on any atom is -0.454 e. The molecule has 0 bridgehead atoms. The largest absolute Gasteiger partial charge is 0.454 e. The molecule has 3 heterocycles. The number of nitrogens with zero attached hydrogens (tertiary/aromatic N) is 1. The van der Waals surface area contributed by atoms with Crippen molar-refractivity contribution in [1.29, 1.82) is 0 Å². The van der Waals surface area contributed by atoms with Gasteiger partial charge in [-0.2, -0.15) is 0 Å². The van der Waals surface area contributed by atoms with E-state index in [4.69, 9.17) is 4.42 Å². The van der Waals surface area contributed by atoms with Gasteiger partial charge in [0.05, 0.1) is 5.52 Å². The number of fused-ring (bicyclic) bond motifs is 9. The van der Waals surface area contributed by atoms with E-state index in [-0.39, 0.29) is 5.41 Å². The highest BCUT2D eigenvalue weighted by atomic mass is 16.3. The number of rotatable bonds is 4. The molecule has 0 N–H and O–H groups in total. The summed E-state index contributed by atoms with van der Waals surface area (Å²) in [5.41, 5.74) is 15.3. The quantitative estimate of drug-likeness (QED) is 0.165. The van der Waals surface area contributed by atoms with Gasteiger partial charge in [0.2, 0.25) is 0 Å². The number of pyridine rings is 1. The third-order valence-electron chi connectivity index (χ3n) is 12.5. The maximum atomic E-state index is 6.45. The topological polar surface area (TPSA) is 17.6 Å². The molecular weight excluding hydrogens is 691 g/mol. The Morgan fingerprint density at radius 3 is 2.16 bits per heavy atom. The van der Waals surface area contributed by atoms with E-state index < -0.39 is 0 Å². The molecule has 0 spiro atoms. The molecule has 57 heavy (non-hydrogen) atoms. The van der Waals surface area contributed by atoms with Crippen molar-refractivity contribution in [2.24, 2.45) is 5.41 Å². The van der Waals surface area contributed by atoms with Crippen molar-refractivity contribution in [2.75, 3.05) is 0 Å². The molecule has 7 aromatic carbocycles. The Kier molecular flexibility index (Phi) is 6.86. The molecule has 0 saturated heterocycles. The Labute approximate surface area is 330 Å². The summed E-state index contributed by atoms with van der Waals surface area (Å²) in [6.45, 7) is 2.34. The van der Waals surface area contributed by atoms with Crippen LogP contribution < -0.4 is 0 Å². The van der Waals surface area contributed by atoms with E-state index in [1.165, 1.54) is 82.4 Å². The fourth-order valence-corrected chi connectivity index (χ4v) is 9.58. The van der Waals surface area contributed by atoms with E-state index >= 15 is 0 Å². The Hall–Kier alpha value is -7.16. The van der Waals surface area contributed by atoms with Gasteiger partial charge >= 0.3 is 0 Å². The summed E-state index contributed by atoms with van der Waals surface area (Å²) in [6.07, 6.45) is 16.9. The Morgan fingerprint density at radius 1 is 0.526 bits per heavy atom. The van der Waals surface area contributed by atoms with Crippen molar-refractivity contribution < 1.29 is 4.42 Å². The monoisotopic (exact) mass is 727 g/mol. The highest BCUT2D eigenvalue weighted by Gasteiger charge is 2.28. The molecule has 1 atom stereocenters. The normalized spacial score (nSPS) is 16.6. The second-order valence-corrected chi connectivity index (χ2v) is 16.0. The van der Waals surface area contributed by atoms with Gasteiger partial charge in [-0.15, -0.1) is 0 Å². The van der Waals surface area contributed by atoms with Crippen LogP contribution in [0, 0.1) is 5.41 Å². The van der Waals surface area contributed by atoms with Crippen LogP contribution in [0.3, 0.4) is 0 Å². The van der Waals surface area contributed by atoms with E-state index in [0.29, 0.717) is 0 Å². The van der Waals surface area contributed by atoms with E-state index in [1.807, 2.05) is 0 Å². The molecule has 10 aromatic rings. The van der Waals surface area contributed by atoms with Gasteiger partial charge in [0.15, 0.2) is 5.58 Å². The van der Waals surface area contributed by atoms with Crippen LogP contribution in [0.15, 0.2) is 204 Å². The van der Waals surface area contributed by atoms with Gasteiger partial charge in [-0.25, -0.2) is 0 Å². The molecule has 3 aromatic heterocycles. The van der Waals surface area contributed by atoms with Gasteiger partial charge in [-0.05, 0) is 131 Å². The second kappa shape index (κ2) is 12.2. The molecule has 0 amide bonds. The lowest BCUT2D eigenvalue weighted by Crippen LogP contribution is -2.18. The van der Waals surface area contributed by atoms with Gasteiger partial charge in [0, 0.05) is 28.6 Å². The number of furan rings is 1. The SMILES string of the molecule is CC12C=CC=CC1=CC(c1cccc(-c3c4ccccc4c(-c4ccc5oc6cc7ccccn7c6c5c4)c4cc(-c5ccc6ccccc6c5)ccc34)c1)=CC2. The predicted molar refractivity (Wildman–Crippen MR) is 241 cm³/mol. The molecule has 12 rings (SSSR count). The zero-order chi connectivity index (χ0) is 37.7. The Morgan fingerprint density at radius 2 is 1.25 bits per heavy atom. The Balaban J connectivity index is 1.12. The molecule has 268 valence electrons. The summed E-state index contributed by atoms with van der Waals surface area (Å²) in [7, 11) is 0. The van der Waals surface area contributed by atoms with Crippen LogP contribution in [0.4, 0.5) is 0 Å². The molecule has 2 heteroatoms. The molecular formula is C55H37NO. The van der Waals surface area contributed by atoms with Crippen molar-refractivity contribution in [1.82, 2.24) is 4.40 Å². The summed E-state index contributed by atoms with van der Waals surface area (Å²) in [5.74, 6) is 0. The minimum absolute atomic E-state index is 0.0563. The van der Waals surface area contributed by atoms with Crippen LogP contribution in [-0.4, -0.2) is 4.40 Å². The van der Waals surface area contributed by atoms with Crippen molar-refractivity contribution in [2.45, 2.75) is 13.3 Å². The van der Waals surface area contributed by atoms with Gasteiger partial charge in [-0.3, -0.25) is 0 Å². The fraction of sp³-hybridized carbons (Fsp3) is 0.0545. The summed E-state index contributed by atoms with van der Waals surface area (Å²) < 4.78 is 8.70. The predicted octanol–water partition coefficient (Wildman–Crippen LogP) is 15.1. The van der Waals surface area contributed by atoms with E-state index in [9.17, 15) is 0 Å². The van der Waals surface area contributed by atoms with Gasteiger partial charge < -0.3 is 8.82 Å². The van der Waals surface area contributed by atoms with E-state index in [2.05, 4.69) is 206 Å². The summed E-state index contributed by atoms with van der Waals surface area (Å²) >= 11 is 0. The standard InChI is InChI=1S/C55H37NO/c1-55-26-8-6-15-43(55)31-40(25-27-55)37-13-10-14-41(30-37)52-45-17-4-5-18-46(45)53(42-22-24-50-49(33-42)54-51(57-50)34-44-16-7-9-28-56(44)54)48-32-39(21-23-47(48)52)38-20-19-35-11-2-3-12-36(35)29-38/h2-26,28-34H,27H2,1H3. The van der Waals surface area contributed by atoms with Crippen molar-refractivity contribution in [3.8, 4) is 33.4 Å². The molecule has 1 unspecified atom stereocenters. The molecule has 0 radical (unpaired) electrons. The maximum Gasteiger partial charge on any atom is 0.154 e. The zero-order valence-corrected chi connectivity index (χ0v) is 31.5. The third-order valence-corrected chi connectivity index (χ3v) is 12.5. The Bertz CT molecular complexity index is 3450. The van der Waals surface area contributed by atoms with Crippen LogP contribution in [-0.2, 0) is 0 Å². The number of hydrogen-bond acceptors (Lipinski definition) is 1. The lowest BCUT2D eigenvalue weighted by atomic mass is 9.72. The fourth-order valence-electron chi connectivity index (χ4n) is 9.58. The molecule has 0 fully saturated rings. The van der Waals surface area contributed by atoms with Gasteiger partial charge in [0.1, 0.15) is 5.58 Å². The second-order valence-electron chi connectivity index (χ2n) is 16.0. The van der Waals surface area contributed by atoms with E-state index in [0.717, 1.165) is 34.0 Å². The van der Waals surface area contributed by atoms with E-state index in [1.54, 1.807) is 0 Å². The van der Waals surface area contributed by atoms with Crippen molar-refractivity contribution in [3.63, 3.8) is 0 Å². The van der Waals surface area contributed by atoms with Crippen molar-refractivity contribution in [3.05, 3.63) is 205 Å². The molecule has 0 aliphatic heterocycles. The average molecular weight is 728 g/mol. The lowest BCUT2D eigenvalue weighted by molar-refractivity contribution is 0.528. The lowest BCUT2D eigenvalue weighted by Gasteiger charge is -2.32. The van der Waals surface area contributed by atoms with Crippen LogP contribution in [0.25, 0.3) is 98.9 Å². The van der Waals surface area contributed by atoms with Crippen LogP contribution in [0.1, 0.15) is 18.9 Å². The number of aromatic nitrogens is 1. The van der Waals surface area contributed by atoms with Crippen LogP contribution in [0.2, 0.25) is 0 Å². The number of allylic oxidation sites excluding steroid dienone is 8. The summed E-state index contributed by atoms with van der Waals surface area (Å²) in [4.78, 5) is 0. The smallest absolute Gasteiger partial charge is 0.154 e. The first-order chi connectivity index (χ1) is 28.1. The number of benzene rings is 7. The minimum atomic E-state index is 0.0563. The highest BCUT2D eigenvalue weighted by Crippen LogP contribution is 2.47. The zero-order valence-electron chi connectivity index (χ0n) is 31.5.